The fourth-order valence-electron chi connectivity index (χ4n) is 1.39. The number of hydrogen-bond donors (Lipinski definition) is 0. The Morgan fingerprint density at radius 2 is 1.94 bits per heavy atom. The van der Waals surface area contributed by atoms with Crippen LogP contribution < -0.4 is 4.74 Å². The Balaban J connectivity index is 2.14. The molecule has 0 atom stereocenters. The highest BCUT2D eigenvalue weighted by Crippen LogP contribution is 2.17. The van der Waals surface area contributed by atoms with E-state index in [-0.39, 0.29) is 5.82 Å². The molecule has 0 aliphatic heterocycles. The zero-order chi connectivity index (χ0) is 12.5. The Morgan fingerprint density at radius 1 is 1.12 bits per heavy atom. The standard InChI is InChI=1S/C13H19FO3/c1-11-10-12(14)4-5-13(11)17-9-8-16-7-3-6-15-2/h4-5,10H,3,6-9H2,1-2H3. The SMILES string of the molecule is COCCCOCCOc1ccc(F)cc1C. The van der Waals surface area contributed by atoms with E-state index in [0.29, 0.717) is 32.2 Å². The first kappa shape index (κ1) is 13.9. The molecule has 0 unspecified atom stereocenters. The first-order valence-electron chi connectivity index (χ1n) is 5.69. The Labute approximate surface area is 101 Å². The summed E-state index contributed by atoms with van der Waals surface area (Å²) in [6, 6.07) is 4.48. The van der Waals surface area contributed by atoms with Crippen molar-refractivity contribution >= 4 is 0 Å². The van der Waals surface area contributed by atoms with Crippen LogP contribution in [0.3, 0.4) is 0 Å². The monoisotopic (exact) mass is 242 g/mol. The quantitative estimate of drug-likeness (QED) is 0.656. The van der Waals surface area contributed by atoms with Gasteiger partial charge in [-0.05, 0) is 37.1 Å². The highest BCUT2D eigenvalue weighted by Gasteiger charge is 2.00. The lowest BCUT2D eigenvalue weighted by molar-refractivity contribution is 0.0805. The molecule has 0 aromatic heterocycles. The number of ether oxygens (including phenoxy) is 3. The van der Waals surface area contributed by atoms with Gasteiger partial charge in [0.05, 0.1) is 6.61 Å². The van der Waals surface area contributed by atoms with Crippen molar-refractivity contribution in [2.45, 2.75) is 13.3 Å². The molecule has 17 heavy (non-hydrogen) atoms. The highest BCUT2D eigenvalue weighted by atomic mass is 19.1. The van der Waals surface area contributed by atoms with Gasteiger partial charge in [-0.2, -0.15) is 0 Å². The van der Waals surface area contributed by atoms with Crippen molar-refractivity contribution in [2.75, 3.05) is 33.5 Å². The highest BCUT2D eigenvalue weighted by molar-refractivity contribution is 5.32. The van der Waals surface area contributed by atoms with Crippen LogP contribution in [0.25, 0.3) is 0 Å². The maximum atomic E-state index is 12.8. The Hall–Kier alpha value is -1.13. The third-order valence-electron chi connectivity index (χ3n) is 2.26. The Morgan fingerprint density at radius 3 is 2.65 bits per heavy atom. The van der Waals surface area contributed by atoms with Gasteiger partial charge in [0.25, 0.3) is 0 Å². The molecule has 0 bridgehead atoms. The van der Waals surface area contributed by atoms with Gasteiger partial charge in [-0.1, -0.05) is 0 Å². The molecule has 0 aliphatic carbocycles. The predicted molar refractivity (Wildman–Crippen MR) is 63.9 cm³/mol. The maximum absolute atomic E-state index is 12.8. The minimum Gasteiger partial charge on any atom is -0.491 e. The lowest BCUT2D eigenvalue weighted by Gasteiger charge is -2.09. The summed E-state index contributed by atoms with van der Waals surface area (Å²) in [4.78, 5) is 0. The second kappa shape index (κ2) is 8.03. The van der Waals surface area contributed by atoms with Crippen molar-refractivity contribution in [3.63, 3.8) is 0 Å². The Bertz CT molecular complexity index is 328. The van der Waals surface area contributed by atoms with Crippen LogP contribution in [-0.4, -0.2) is 33.5 Å². The molecule has 3 nitrogen and oxygen atoms in total. The molecule has 96 valence electrons. The molecule has 0 amide bonds. The second-order valence-electron chi connectivity index (χ2n) is 3.72. The Kier molecular flexibility index (Phi) is 6.58. The first-order chi connectivity index (χ1) is 8.24. The van der Waals surface area contributed by atoms with Crippen LogP contribution in [0, 0.1) is 12.7 Å². The van der Waals surface area contributed by atoms with Gasteiger partial charge in [0.15, 0.2) is 0 Å². The van der Waals surface area contributed by atoms with Crippen LogP contribution in [0.2, 0.25) is 0 Å². The molecule has 0 saturated heterocycles. The van der Waals surface area contributed by atoms with Gasteiger partial charge in [-0.15, -0.1) is 0 Å². The molecule has 1 aromatic carbocycles. The van der Waals surface area contributed by atoms with E-state index in [0.717, 1.165) is 12.0 Å². The number of halogens is 1. The molecule has 1 rings (SSSR count). The second-order valence-corrected chi connectivity index (χ2v) is 3.72. The molecule has 0 N–H and O–H groups in total. The molecule has 0 spiro atoms. The number of benzene rings is 1. The van der Waals surface area contributed by atoms with Crippen LogP contribution in [0.4, 0.5) is 4.39 Å². The van der Waals surface area contributed by atoms with Crippen LogP contribution in [-0.2, 0) is 9.47 Å². The molecule has 1 aromatic rings. The zero-order valence-corrected chi connectivity index (χ0v) is 10.4. The van der Waals surface area contributed by atoms with Crippen molar-refractivity contribution < 1.29 is 18.6 Å². The molecular formula is C13H19FO3. The number of aryl methyl sites for hydroxylation is 1. The summed E-state index contributed by atoms with van der Waals surface area (Å²) < 4.78 is 28.5. The van der Waals surface area contributed by atoms with E-state index in [1.807, 2.05) is 6.92 Å². The van der Waals surface area contributed by atoms with Gasteiger partial charge in [-0.3, -0.25) is 0 Å². The summed E-state index contributed by atoms with van der Waals surface area (Å²) in [6.45, 7) is 4.19. The van der Waals surface area contributed by atoms with Crippen molar-refractivity contribution in [3.05, 3.63) is 29.6 Å². The van der Waals surface area contributed by atoms with Gasteiger partial charge >= 0.3 is 0 Å². The molecule has 0 aliphatic rings. The topological polar surface area (TPSA) is 27.7 Å². The van der Waals surface area contributed by atoms with E-state index in [4.69, 9.17) is 14.2 Å². The van der Waals surface area contributed by atoms with E-state index in [9.17, 15) is 4.39 Å². The van der Waals surface area contributed by atoms with Crippen molar-refractivity contribution in [3.8, 4) is 5.75 Å². The molecule has 0 fully saturated rings. The van der Waals surface area contributed by atoms with E-state index in [1.165, 1.54) is 12.1 Å². The molecule has 0 heterocycles. The van der Waals surface area contributed by atoms with Crippen molar-refractivity contribution in [1.82, 2.24) is 0 Å². The van der Waals surface area contributed by atoms with Crippen LogP contribution in [0.5, 0.6) is 5.75 Å². The van der Waals surface area contributed by atoms with E-state index < -0.39 is 0 Å². The normalized spacial score (nSPS) is 10.5. The summed E-state index contributed by atoms with van der Waals surface area (Å²) >= 11 is 0. The minimum atomic E-state index is -0.245. The van der Waals surface area contributed by atoms with Crippen LogP contribution in [0.15, 0.2) is 18.2 Å². The van der Waals surface area contributed by atoms with Gasteiger partial charge in [0.2, 0.25) is 0 Å². The fourth-order valence-corrected chi connectivity index (χ4v) is 1.39. The molecule has 0 saturated carbocycles. The first-order valence-corrected chi connectivity index (χ1v) is 5.69. The largest absolute Gasteiger partial charge is 0.491 e. The summed E-state index contributed by atoms with van der Waals surface area (Å²) in [5.41, 5.74) is 0.796. The predicted octanol–water partition coefficient (Wildman–Crippen LogP) is 2.57. The molecular weight excluding hydrogens is 223 g/mol. The zero-order valence-electron chi connectivity index (χ0n) is 10.4. The van der Waals surface area contributed by atoms with Gasteiger partial charge < -0.3 is 14.2 Å². The van der Waals surface area contributed by atoms with E-state index in [1.54, 1.807) is 13.2 Å². The minimum absolute atomic E-state index is 0.245. The number of methoxy groups -OCH3 is 1. The lowest BCUT2D eigenvalue weighted by atomic mass is 10.2. The van der Waals surface area contributed by atoms with Crippen molar-refractivity contribution in [2.24, 2.45) is 0 Å². The number of rotatable bonds is 8. The van der Waals surface area contributed by atoms with Crippen LogP contribution >= 0.6 is 0 Å². The van der Waals surface area contributed by atoms with Gasteiger partial charge in [-0.25, -0.2) is 4.39 Å². The molecule has 4 heteroatoms. The molecule has 0 radical (unpaired) electrons. The maximum Gasteiger partial charge on any atom is 0.123 e. The fraction of sp³-hybridized carbons (Fsp3) is 0.538. The average Bonchev–Trinajstić information content (AvgIpc) is 2.30. The van der Waals surface area contributed by atoms with Gasteiger partial charge in [0.1, 0.15) is 18.2 Å². The summed E-state index contributed by atoms with van der Waals surface area (Å²) in [5, 5.41) is 0. The van der Waals surface area contributed by atoms with E-state index in [2.05, 4.69) is 0 Å². The van der Waals surface area contributed by atoms with Crippen LogP contribution in [0.1, 0.15) is 12.0 Å². The average molecular weight is 242 g/mol. The van der Waals surface area contributed by atoms with Crippen molar-refractivity contribution in [1.29, 1.82) is 0 Å². The lowest BCUT2D eigenvalue weighted by Crippen LogP contribution is -2.09. The number of hydrogen-bond acceptors (Lipinski definition) is 3. The third-order valence-corrected chi connectivity index (χ3v) is 2.26. The third kappa shape index (κ3) is 5.65. The smallest absolute Gasteiger partial charge is 0.123 e. The van der Waals surface area contributed by atoms with Gasteiger partial charge in [0, 0.05) is 20.3 Å². The summed E-state index contributed by atoms with van der Waals surface area (Å²) in [5.74, 6) is 0.456. The van der Waals surface area contributed by atoms with E-state index >= 15 is 0 Å². The summed E-state index contributed by atoms with van der Waals surface area (Å²) in [6.07, 6.45) is 0.881. The summed E-state index contributed by atoms with van der Waals surface area (Å²) in [7, 11) is 1.67.